The van der Waals surface area contributed by atoms with Gasteiger partial charge in [0, 0.05) is 20.6 Å². The summed E-state index contributed by atoms with van der Waals surface area (Å²) in [5.74, 6) is -1.41. The van der Waals surface area contributed by atoms with Gasteiger partial charge in [-0.25, -0.2) is 9.18 Å². The molecule has 9 nitrogen and oxygen atoms in total. The quantitative estimate of drug-likeness (QED) is 0.185. The number of aryl methyl sites for hydroxylation is 1. The van der Waals surface area contributed by atoms with Gasteiger partial charge in [-0.1, -0.05) is 54.2 Å². The third-order valence-corrected chi connectivity index (χ3v) is 8.27. The zero-order chi connectivity index (χ0) is 29.5. The molecule has 0 aliphatic rings. The molecule has 0 spiro atoms. The minimum atomic E-state index is -0.614. The molecule has 4 rings (SSSR count). The van der Waals surface area contributed by atoms with Crippen LogP contribution in [0, 0.1) is 12.7 Å². The van der Waals surface area contributed by atoms with Crippen molar-refractivity contribution >= 4 is 45.9 Å². The van der Waals surface area contributed by atoms with E-state index >= 15 is 0 Å². The second-order valence-corrected chi connectivity index (χ2v) is 11.2. The number of carbonyl (C=O) groups excluding carboxylic acids is 3. The van der Waals surface area contributed by atoms with Gasteiger partial charge < -0.3 is 19.5 Å². The summed E-state index contributed by atoms with van der Waals surface area (Å²) in [6, 6.07) is 16.2. The average Bonchev–Trinajstić information content (AvgIpc) is 3.51. The molecule has 0 saturated carbocycles. The molecule has 2 aromatic heterocycles. The largest absolute Gasteiger partial charge is 0.462 e. The number of aromatic nitrogens is 3. The number of hydrogen-bond acceptors (Lipinski definition) is 8. The van der Waals surface area contributed by atoms with Crippen LogP contribution in [-0.2, 0) is 22.5 Å². The highest BCUT2D eigenvalue weighted by molar-refractivity contribution is 7.99. The van der Waals surface area contributed by atoms with Crippen LogP contribution in [0.3, 0.4) is 0 Å². The predicted molar refractivity (Wildman–Crippen MR) is 158 cm³/mol. The Kier molecular flexibility index (Phi) is 9.90. The van der Waals surface area contributed by atoms with Crippen molar-refractivity contribution in [3.63, 3.8) is 0 Å². The van der Waals surface area contributed by atoms with Crippen molar-refractivity contribution in [3.05, 3.63) is 82.0 Å². The van der Waals surface area contributed by atoms with Gasteiger partial charge in [-0.2, -0.15) is 0 Å². The first kappa shape index (κ1) is 29.9. The number of nitrogens with zero attached hydrogens (tertiary/aromatic N) is 4. The Labute approximate surface area is 245 Å². The van der Waals surface area contributed by atoms with Gasteiger partial charge in [-0.15, -0.1) is 21.5 Å². The smallest absolute Gasteiger partial charge is 0.341 e. The molecule has 0 aliphatic carbocycles. The fourth-order valence-corrected chi connectivity index (χ4v) is 6.07. The highest BCUT2D eigenvalue weighted by atomic mass is 32.2. The molecular formula is C29H30FN5O4S2. The molecule has 0 fully saturated rings. The molecule has 0 bridgehead atoms. The number of thiophene rings is 1. The summed E-state index contributed by atoms with van der Waals surface area (Å²) in [5.41, 5.74) is 2.02. The van der Waals surface area contributed by atoms with Gasteiger partial charge in [-0.05, 0) is 43.5 Å². The van der Waals surface area contributed by atoms with Crippen molar-refractivity contribution in [2.75, 3.05) is 31.8 Å². The van der Waals surface area contributed by atoms with E-state index in [0.29, 0.717) is 40.0 Å². The summed E-state index contributed by atoms with van der Waals surface area (Å²) in [6.07, 6.45) is 0.653. The number of nitrogens with one attached hydrogen (secondary N) is 1. The lowest BCUT2D eigenvalue weighted by molar-refractivity contribution is -0.113. The van der Waals surface area contributed by atoms with E-state index in [-0.39, 0.29) is 28.8 Å². The lowest BCUT2D eigenvalue weighted by Crippen LogP contribution is -2.21. The van der Waals surface area contributed by atoms with E-state index in [9.17, 15) is 18.8 Å². The molecule has 0 saturated heterocycles. The van der Waals surface area contributed by atoms with Crippen LogP contribution in [-0.4, -0.2) is 63.9 Å². The van der Waals surface area contributed by atoms with E-state index in [0.717, 1.165) is 28.7 Å². The lowest BCUT2D eigenvalue weighted by atomic mass is 10.1. The number of thioether (sulfide) groups is 1. The van der Waals surface area contributed by atoms with Crippen molar-refractivity contribution in [1.29, 1.82) is 0 Å². The number of amides is 2. The maximum Gasteiger partial charge on any atom is 0.341 e. The second kappa shape index (κ2) is 13.6. The molecular weight excluding hydrogens is 565 g/mol. The maximum absolute atomic E-state index is 14.7. The minimum Gasteiger partial charge on any atom is -0.462 e. The zero-order valence-electron chi connectivity index (χ0n) is 23.1. The highest BCUT2D eigenvalue weighted by Crippen LogP contribution is 2.35. The van der Waals surface area contributed by atoms with E-state index in [1.54, 1.807) is 50.7 Å². The second-order valence-electron chi connectivity index (χ2n) is 9.19. The fraction of sp³-hybridized carbons (Fsp3) is 0.276. The van der Waals surface area contributed by atoms with Gasteiger partial charge in [0.1, 0.15) is 10.8 Å². The van der Waals surface area contributed by atoms with Crippen LogP contribution in [0.2, 0.25) is 0 Å². The summed E-state index contributed by atoms with van der Waals surface area (Å²) in [7, 11) is 3.23. The van der Waals surface area contributed by atoms with Crippen LogP contribution in [0.5, 0.6) is 0 Å². The van der Waals surface area contributed by atoms with E-state index < -0.39 is 17.7 Å². The molecule has 0 radical (unpaired) electrons. The molecule has 0 aliphatic heterocycles. The first-order chi connectivity index (χ1) is 19.7. The number of halogens is 1. The molecule has 41 heavy (non-hydrogen) atoms. The van der Waals surface area contributed by atoms with Crippen LogP contribution in [0.1, 0.15) is 38.1 Å². The van der Waals surface area contributed by atoms with Crippen molar-refractivity contribution in [2.45, 2.75) is 32.0 Å². The predicted octanol–water partition coefficient (Wildman–Crippen LogP) is 5.31. The van der Waals surface area contributed by atoms with Crippen LogP contribution < -0.4 is 5.32 Å². The summed E-state index contributed by atoms with van der Waals surface area (Å²) >= 11 is 2.18. The Bertz CT molecular complexity index is 1550. The fourth-order valence-electron chi connectivity index (χ4n) is 4.07. The normalized spacial score (nSPS) is 10.9. The summed E-state index contributed by atoms with van der Waals surface area (Å²) in [5, 5.41) is 12.0. The molecule has 2 amide bonds. The molecule has 2 heterocycles. The van der Waals surface area contributed by atoms with Crippen molar-refractivity contribution in [1.82, 2.24) is 19.7 Å². The third-order valence-electron chi connectivity index (χ3n) is 6.11. The van der Waals surface area contributed by atoms with Crippen molar-refractivity contribution in [3.8, 4) is 11.4 Å². The van der Waals surface area contributed by atoms with Crippen LogP contribution in [0.4, 0.5) is 9.39 Å². The molecule has 12 heteroatoms. The molecule has 4 aromatic rings. The molecule has 0 atom stereocenters. The van der Waals surface area contributed by atoms with Crippen LogP contribution >= 0.6 is 23.1 Å². The first-order valence-electron chi connectivity index (χ1n) is 12.9. The Hall–Kier alpha value is -4.03. The maximum atomic E-state index is 14.7. The Morgan fingerprint density at radius 3 is 2.46 bits per heavy atom. The number of rotatable bonds is 11. The van der Waals surface area contributed by atoms with E-state index in [4.69, 9.17) is 4.74 Å². The number of ether oxygens (including phenoxy) is 1. The van der Waals surface area contributed by atoms with Gasteiger partial charge in [0.25, 0.3) is 5.91 Å². The highest BCUT2D eigenvalue weighted by Gasteiger charge is 2.27. The van der Waals surface area contributed by atoms with Crippen molar-refractivity contribution < 1.29 is 23.5 Å². The SMILES string of the molecule is CCOC(=O)c1c(NC(=O)CSc2nnc(-c3ccccc3F)n2CCc2ccccc2)sc(C(=O)N(C)C)c1C. The van der Waals surface area contributed by atoms with Gasteiger partial charge in [0.05, 0.1) is 28.4 Å². The Balaban J connectivity index is 1.56. The van der Waals surface area contributed by atoms with Gasteiger partial charge in [0.2, 0.25) is 5.91 Å². The number of anilines is 1. The molecule has 2 aromatic carbocycles. The molecule has 0 unspecified atom stereocenters. The number of benzene rings is 2. The molecule has 1 N–H and O–H groups in total. The number of carbonyl (C=O) groups is 3. The number of hydrogen-bond donors (Lipinski definition) is 1. The monoisotopic (exact) mass is 595 g/mol. The van der Waals surface area contributed by atoms with E-state index in [1.807, 2.05) is 30.3 Å². The average molecular weight is 596 g/mol. The lowest BCUT2D eigenvalue weighted by Gasteiger charge is -2.11. The number of esters is 1. The van der Waals surface area contributed by atoms with Crippen LogP contribution in [0.15, 0.2) is 59.8 Å². The zero-order valence-corrected chi connectivity index (χ0v) is 24.8. The standard InChI is InChI=1S/C29H30FN5O4S2/c1-5-39-28(38)23-18(2)24(27(37)34(3)4)41-26(23)31-22(36)17-40-29-33-32-25(20-13-9-10-14-21(20)30)35(29)16-15-19-11-7-6-8-12-19/h6-14H,5,15-17H2,1-4H3,(H,31,36). The van der Waals surface area contributed by atoms with Gasteiger partial charge in [-0.3, -0.25) is 9.59 Å². The first-order valence-corrected chi connectivity index (χ1v) is 14.7. The summed E-state index contributed by atoms with van der Waals surface area (Å²) < 4.78 is 21.7. The summed E-state index contributed by atoms with van der Waals surface area (Å²) in [6.45, 7) is 3.96. The summed E-state index contributed by atoms with van der Waals surface area (Å²) in [4.78, 5) is 40.2. The third kappa shape index (κ3) is 7.01. The van der Waals surface area contributed by atoms with Crippen LogP contribution in [0.25, 0.3) is 11.4 Å². The molecule has 214 valence electrons. The minimum absolute atomic E-state index is 0.0586. The Morgan fingerprint density at radius 1 is 1.07 bits per heavy atom. The van der Waals surface area contributed by atoms with Gasteiger partial charge in [0.15, 0.2) is 11.0 Å². The topological polar surface area (TPSA) is 106 Å². The van der Waals surface area contributed by atoms with E-state index in [1.165, 1.54) is 11.0 Å². The van der Waals surface area contributed by atoms with Gasteiger partial charge >= 0.3 is 5.97 Å². The van der Waals surface area contributed by atoms with Crippen molar-refractivity contribution in [2.24, 2.45) is 0 Å². The Morgan fingerprint density at radius 2 is 1.78 bits per heavy atom. The van der Waals surface area contributed by atoms with E-state index in [2.05, 4.69) is 15.5 Å².